The molecule has 0 amide bonds. The molecular formula is C11H12N4O4S. The van der Waals surface area contributed by atoms with Crippen molar-refractivity contribution in [2.75, 3.05) is 6.54 Å². The van der Waals surface area contributed by atoms with Crippen LogP contribution in [0.5, 0.6) is 0 Å². The third-order valence-electron chi connectivity index (χ3n) is 2.56. The van der Waals surface area contributed by atoms with Crippen molar-refractivity contribution in [1.29, 1.82) is 0 Å². The number of sulfonamides is 1. The number of nitrogens with one attached hydrogen (secondary N) is 2. The molecule has 20 heavy (non-hydrogen) atoms. The average Bonchev–Trinajstić information content (AvgIpc) is 2.90. The number of carboxylic acid groups (broad SMARTS) is 1. The van der Waals surface area contributed by atoms with E-state index in [0.29, 0.717) is 6.42 Å². The van der Waals surface area contributed by atoms with E-state index < -0.39 is 21.0 Å². The lowest BCUT2D eigenvalue weighted by atomic mass is 10.2. The second-order valence-electron chi connectivity index (χ2n) is 3.92. The van der Waals surface area contributed by atoms with Crippen molar-refractivity contribution in [3.8, 4) is 0 Å². The van der Waals surface area contributed by atoms with Gasteiger partial charge in [0.1, 0.15) is 5.56 Å². The maximum atomic E-state index is 12.0. The van der Waals surface area contributed by atoms with E-state index in [2.05, 4.69) is 19.9 Å². The second-order valence-corrected chi connectivity index (χ2v) is 5.62. The van der Waals surface area contributed by atoms with E-state index in [1.54, 1.807) is 24.5 Å². The molecule has 9 heteroatoms. The first-order valence-electron chi connectivity index (χ1n) is 5.66. The number of nitrogens with zero attached hydrogens (tertiary/aromatic N) is 2. The van der Waals surface area contributed by atoms with Gasteiger partial charge in [-0.05, 0) is 24.1 Å². The third kappa shape index (κ3) is 3.19. The number of hydrogen-bond acceptors (Lipinski definition) is 5. The second kappa shape index (κ2) is 5.80. The zero-order valence-corrected chi connectivity index (χ0v) is 11.1. The zero-order valence-electron chi connectivity index (χ0n) is 10.3. The Morgan fingerprint density at radius 3 is 2.70 bits per heavy atom. The van der Waals surface area contributed by atoms with Crippen molar-refractivity contribution < 1.29 is 18.3 Å². The fraction of sp³-hybridized carbons (Fsp3) is 0.182. The molecule has 0 aromatic carbocycles. The summed E-state index contributed by atoms with van der Waals surface area (Å²) in [6.07, 6.45) is 4.65. The molecule has 0 aliphatic rings. The SMILES string of the molecule is O=C(O)c1cn[nH]c1S(=O)(=O)NCCc1ccncc1. The zero-order chi connectivity index (χ0) is 14.6. The van der Waals surface area contributed by atoms with Crippen LogP contribution in [0.3, 0.4) is 0 Å². The Bertz CT molecular complexity index is 696. The molecule has 0 aliphatic heterocycles. The molecule has 0 fully saturated rings. The first kappa shape index (κ1) is 14.2. The summed E-state index contributed by atoms with van der Waals surface area (Å²) in [5, 5.41) is 14.0. The van der Waals surface area contributed by atoms with Gasteiger partial charge in [-0.25, -0.2) is 17.9 Å². The van der Waals surface area contributed by atoms with Crippen LogP contribution in [0.1, 0.15) is 15.9 Å². The molecule has 0 atom stereocenters. The Morgan fingerprint density at radius 2 is 2.05 bits per heavy atom. The van der Waals surface area contributed by atoms with Crippen molar-refractivity contribution in [1.82, 2.24) is 19.9 Å². The molecule has 2 heterocycles. The van der Waals surface area contributed by atoms with Crippen LogP contribution in [0, 0.1) is 0 Å². The third-order valence-corrected chi connectivity index (χ3v) is 3.99. The van der Waals surface area contributed by atoms with Gasteiger partial charge in [-0.3, -0.25) is 10.1 Å². The maximum absolute atomic E-state index is 12.0. The molecule has 2 rings (SSSR count). The van der Waals surface area contributed by atoms with Gasteiger partial charge in [0.2, 0.25) is 0 Å². The van der Waals surface area contributed by atoms with Gasteiger partial charge in [0.25, 0.3) is 10.0 Å². The summed E-state index contributed by atoms with van der Waals surface area (Å²) < 4.78 is 26.2. The van der Waals surface area contributed by atoms with Crippen LogP contribution >= 0.6 is 0 Å². The molecule has 0 saturated carbocycles. The van der Waals surface area contributed by atoms with Crippen LogP contribution in [0.4, 0.5) is 0 Å². The quantitative estimate of drug-likeness (QED) is 0.690. The van der Waals surface area contributed by atoms with E-state index in [0.717, 1.165) is 11.8 Å². The van der Waals surface area contributed by atoms with E-state index in [1.807, 2.05) is 0 Å². The highest BCUT2D eigenvalue weighted by atomic mass is 32.2. The Morgan fingerprint density at radius 1 is 1.35 bits per heavy atom. The standard InChI is InChI=1S/C11H12N4O4S/c16-11(17)9-7-13-15-10(9)20(18,19)14-6-3-8-1-4-12-5-2-8/h1-2,4-5,7,14H,3,6H2,(H,13,15)(H,16,17). The molecule has 0 bridgehead atoms. The number of carbonyl (C=O) groups is 1. The van der Waals surface area contributed by atoms with Crippen molar-refractivity contribution in [3.05, 3.63) is 41.9 Å². The van der Waals surface area contributed by atoms with Gasteiger partial charge in [0, 0.05) is 18.9 Å². The summed E-state index contributed by atoms with van der Waals surface area (Å²) in [5.74, 6) is -1.35. The van der Waals surface area contributed by atoms with Crippen molar-refractivity contribution in [2.45, 2.75) is 11.4 Å². The Balaban J connectivity index is 2.04. The minimum absolute atomic E-state index is 0.143. The van der Waals surface area contributed by atoms with Gasteiger partial charge in [-0.2, -0.15) is 5.10 Å². The molecule has 0 saturated heterocycles. The lowest BCUT2D eigenvalue weighted by Crippen LogP contribution is -2.27. The fourth-order valence-electron chi connectivity index (χ4n) is 1.58. The van der Waals surface area contributed by atoms with Crippen molar-refractivity contribution in [2.24, 2.45) is 0 Å². The highest BCUT2D eigenvalue weighted by molar-refractivity contribution is 7.89. The highest BCUT2D eigenvalue weighted by Crippen LogP contribution is 2.11. The van der Waals surface area contributed by atoms with Crippen LogP contribution < -0.4 is 4.72 Å². The normalized spacial score (nSPS) is 11.4. The number of rotatable bonds is 6. The molecule has 0 aliphatic carbocycles. The van der Waals surface area contributed by atoms with E-state index in [9.17, 15) is 13.2 Å². The van der Waals surface area contributed by atoms with Gasteiger partial charge in [0.05, 0.1) is 6.20 Å². The number of hydrogen-bond donors (Lipinski definition) is 3. The summed E-state index contributed by atoms with van der Waals surface area (Å²) in [6.45, 7) is 0.143. The largest absolute Gasteiger partial charge is 0.478 e. The van der Waals surface area contributed by atoms with E-state index in [4.69, 9.17) is 5.11 Å². The van der Waals surface area contributed by atoms with Gasteiger partial charge in [0.15, 0.2) is 5.03 Å². The van der Waals surface area contributed by atoms with E-state index in [-0.39, 0.29) is 12.1 Å². The van der Waals surface area contributed by atoms with Gasteiger partial charge in [-0.1, -0.05) is 0 Å². The predicted molar refractivity (Wildman–Crippen MR) is 68.7 cm³/mol. The highest BCUT2D eigenvalue weighted by Gasteiger charge is 2.24. The smallest absolute Gasteiger partial charge is 0.340 e. The molecule has 3 N–H and O–H groups in total. The average molecular weight is 296 g/mol. The minimum Gasteiger partial charge on any atom is -0.478 e. The molecule has 0 unspecified atom stereocenters. The predicted octanol–water partition coefficient (Wildman–Crippen LogP) is 0.0239. The summed E-state index contributed by atoms with van der Waals surface area (Å²) >= 11 is 0. The number of H-pyrrole nitrogens is 1. The van der Waals surface area contributed by atoms with Crippen molar-refractivity contribution >= 4 is 16.0 Å². The number of aromatic carboxylic acids is 1. The molecule has 2 aromatic rings. The summed E-state index contributed by atoms with van der Waals surface area (Å²) in [6, 6.07) is 3.54. The van der Waals surface area contributed by atoms with E-state index in [1.165, 1.54) is 0 Å². The first-order valence-corrected chi connectivity index (χ1v) is 7.14. The molecule has 2 aromatic heterocycles. The van der Waals surface area contributed by atoms with E-state index >= 15 is 0 Å². The van der Waals surface area contributed by atoms with Crippen LogP contribution in [-0.4, -0.2) is 41.2 Å². The van der Waals surface area contributed by atoms with Crippen LogP contribution in [0.25, 0.3) is 0 Å². The summed E-state index contributed by atoms with van der Waals surface area (Å²) in [5.41, 5.74) is 0.534. The lowest BCUT2D eigenvalue weighted by Gasteiger charge is -2.05. The molecular weight excluding hydrogens is 284 g/mol. The topological polar surface area (TPSA) is 125 Å². The van der Waals surface area contributed by atoms with Gasteiger partial charge < -0.3 is 5.11 Å². The first-order chi connectivity index (χ1) is 9.50. The summed E-state index contributed by atoms with van der Waals surface area (Å²) in [4.78, 5) is 14.7. The van der Waals surface area contributed by atoms with Crippen LogP contribution in [0.2, 0.25) is 0 Å². The molecule has 8 nitrogen and oxygen atoms in total. The summed E-state index contributed by atoms with van der Waals surface area (Å²) in [7, 11) is -3.93. The molecule has 0 spiro atoms. The molecule has 0 radical (unpaired) electrons. The van der Waals surface area contributed by atoms with Gasteiger partial charge in [-0.15, -0.1) is 0 Å². The number of carboxylic acids is 1. The molecule has 106 valence electrons. The van der Waals surface area contributed by atoms with Crippen LogP contribution in [0.15, 0.2) is 35.7 Å². The Labute approximate surface area is 114 Å². The minimum atomic E-state index is -3.93. The monoisotopic (exact) mass is 296 g/mol. The fourth-order valence-corrected chi connectivity index (χ4v) is 2.70. The number of aromatic nitrogens is 3. The van der Waals surface area contributed by atoms with Crippen molar-refractivity contribution in [3.63, 3.8) is 0 Å². The number of aromatic amines is 1. The Kier molecular flexibility index (Phi) is 4.11. The van der Waals surface area contributed by atoms with Crippen LogP contribution in [-0.2, 0) is 16.4 Å². The Hall–Kier alpha value is -2.26. The lowest BCUT2D eigenvalue weighted by molar-refractivity contribution is 0.0692. The maximum Gasteiger partial charge on any atom is 0.340 e. The van der Waals surface area contributed by atoms with Gasteiger partial charge >= 0.3 is 5.97 Å². The number of pyridine rings is 1.